The predicted octanol–water partition coefficient (Wildman–Crippen LogP) is 1.86. The van der Waals surface area contributed by atoms with E-state index in [-0.39, 0.29) is 10.4 Å². The molecule has 1 unspecified atom stereocenters. The molecule has 0 amide bonds. The maximum Gasteiger partial charge on any atom is 0.245 e. The topological polar surface area (TPSA) is 57.2 Å². The molecule has 1 saturated heterocycles. The summed E-state index contributed by atoms with van der Waals surface area (Å²) in [6, 6.07) is 0.420. The van der Waals surface area contributed by atoms with Crippen LogP contribution in [0.4, 0.5) is 5.82 Å². The highest BCUT2D eigenvalue weighted by Gasteiger charge is 2.25. The zero-order valence-electron chi connectivity index (χ0n) is 12.7. The molecular formula is C13H22Cl2N6. The minimum absolute atomic E-state index is 0.0996. The number of halogens is 2. The molecule has 0 spiro atoms. The molecular weight excluding hydrogens is 311 g/mol. The molecule has 0 bridgehead atoms. The number of nitrogens with one attached hydrogen (secondary N) is 1. The van der Waals surface area contributed by atoms with Crippen molar-refractivity contribution in [3.05, 3.63) is 10.4 Å². The summed E-state index contributed by atoms with van der Waals surface area (Å²) in [6.07, 6.45) is 0. The van der Waals surface area contributed by atoms with E-state index < -0.39 is 0 Å². The van der Waals surface area contributed by atoms with E-state index in [2.05, 4.69) is 51.2 Å². The first-order valence-corrected chi connectivity index (χ1v) is 7.95. The van der Waals surface area contributed by atoms with Crippen LogP contribution in [0.5, 0.6) is 0 Å². The maximum atomic E-state index is 5.99. The van der Waals surface area contributed by atoms with Gasteiger partial charge in [0.25, 0.3) is 0 Å². The summed E-state index contributed by atoms with van der Waals surface area (Å²) in [6.45, 7) is 9.59. The quantitative estimate of drug-likeness (QED) is 0.888. The molecule has 1 N–H and O–H groups in total. The van der Waals surface area contributed by atoms with Gasteiger partial charge >= 0.3 is 0 Å². The molecule has 2 heterocycles. The maximum absolute atomic E-state index is 5.99. The van der Waals surface area contributed by atoms with Crippen LogP contribution in [0.3, 0.4) is 0 Å². The monoisotopic (exact) mass is 332 g/mol. The lowest BCUT2D eigenvalue weighted by Crippen LogP contribution is -2.52. The van der Waals surface area contributed by atoms with Crippen molar-refractivity contribution in [2.24, 2.45) is 5.92 Å². The molecule has 0 saturated carbocycles. The summed E-state index contributed by atoms with van der Waals surface area (Å²) < 4.78 is 0. The molecule has 8 heteroatoms. The second-order valence-corrected chi connectivity index (χ2v) is 6.45. The molecule has 0 aliphatic carbocycles. The van der Waals surface area contributed by atoms with Gasteiger partial charge in [0.05, 0.1) is 0 Å². The van der Waals surface area contributed by atoms with E-state index in [1.807, 2.05) is 0 Å². The zero-order valence-corrected chi connectivity index (χ0v) is 14.2. The smallest absolute Gasteiger partial charge is 0.245 e. The number of nitrogens with zero attached hydrogens (tertiary/aromatic N) is 5. The van der Waals surface area contributed by atoms with Crippen molar-refractivity contribution in [2.45, 2.75) is 19.9 Å². The van der Waals surface area contributed by atoms with Crippen LogP contribution in [-0.2, 0) is 0 Å². The summed E-state index contributed by atoms with van der Waals surface area (Å²) in [5.41, 5.74) is 0. The average molecular weight is 333 g/mol. The molecule has 6 nitrogen and oxygen atoms in total. The van der Waals surface area contributed by atoms with E-state index in [0.29, 0.717) is 17.8 Å². The van der Waals surface area contributed by atoms with Crippen molar-refractivity contribution in [1.29, 1.82) is 0 Å². The number of likely N-dealkylation sites (N-methyl/N-ethyl adjacent to an activating group) is 1. The molecule has 1 aliphatic rings. The van der Waals surface area contributed by atoms with Crippen molar-refractivity contribution < 1.29 is 0 Å². The minimum Gasteiger partial charge on any atom is -0.366 e. The van der Waals surface area contributed by atoms with Gasteiger partial charge in [-0.3, -0.25) is 4.90 Å². The van der Waals surface area contributed by atoms with E-state index >= 15 is 0 Å². The van der Waals surface area contributed by atoms with E-state index in [4.69, 9.17) is 23.2 Å². The first-order chi connectivity index (χ1) is 9.97. The normalized spacial score (nSPS) is 19.0. The lowest BCUT2D eigenvalue weighted by Gasteiger charge is -2.40. The third-order valence-electron chi connectivity index (χ3n) is 3.87. The molecule has 0 aromatic carbocycles. The van der Waals surface area contributed by atoms with Crippen molar-refractivity contribution in [3.8, 4) is 0 Å². The Bertz CT molecular complexity index is 462. The van der Waals surface area contributed by atoms with E-state index in [9.17, 15) is 0 Å². The minimum atomic E-state index is 0.0996. The van der Waals surface area contributed by atoms with Crippen LogP contribution in [0.15, 0.2) is 0 Å². The van der Waals surface area contributed by atoms with Gasteiger partial charge in [0.2, 0.25) is 5.28 Å². The SMILES string of the molecule is CC(C)C(CNc1nc(Cl)nnc1Cl)N1CCN(C)CC1. The van der Waals surface area contributed by atoms with Gasteiger partial charge in [-0.15, -0.1) is 10.2 Å². The number of rotatable bonds is 5. The van der Waals surface area contributed by atoms with E-state index in [1.165, 1.54) is 0 Å². The van der Waals surface area contributed by atoms with Crippen LogP contribution in [-0.4, -0.2) is 70.8 Å². The van der Waals surface area contributed by atoms with Crippen LogP contribution < -0.4 is 5.32 Å². The van der Waals surface area contributed by atoms with E-state index in [0.717, 1.165) is 32.7 Å². The highest BCUT2D eigenvalue weighted by molar-refractivity contribution is 6.32. The molecule has 21 heavy (non-hydrogen) atoms. The van der Waals surface area contributed by atoms with Gasteiger partial charge in [0, 0.05) is 38.8 Å². The summed E-state index contributed by atoms with van der Waals surface area (Å²) in [5, 5.41) is 11.0. The fraction of sp³-hybridized carbons (Fsp3) is 0.769. The van der Waals surface area contributed by atoms with Crippen LogP contribution in [0.25, 0.3) is 0 Å². The van der Waals surface area contributed by atoms with Gasteiger partial charge in [-0.1, -0.05) is 25.4 Å². The zero-order chi connectivity index (χ0) is 15.4. The van der Waals surface area contributed by atoms with E-state index in [1.54, 1.807) is 0 Å². The highest BCUT2D eigenvalue weighted by atomic mass is 35.5. The van der Waals surface area contributed by atoms with Crippen molar-refractivity contribution in [1.82, 2.24) is 25.0 Å². The lowest BCUT2D eigenvalue weighted by atomic mass is 10.0. The molecule has 1 aromatic heterocycles. The summed E-state index contributed by atoms with van der Waals surface area (Å²) in [7, 11) is 2.16. The van der Waals surface area contributed by atoms with Crippen LogP contribution >= 0.6 is 23.2 Å². The Labute approximate surface area is 135 Å². The number of hydrogen-bond donors (Lipinski definition) is 1. The number of anilines is 1. The van der Waals surface area contributed by atoms with Gasteiger partial charge in [-0.2, -0.15) is 4.98 Å². The van der Waals surface area contributed by atoms with Gasteiger partial charge in [-0.25, -0.2) is 0 Å². The number of piperazine rings is 1. The Hall–Kier alpha value is -0.690. The summed E-state index contributed by atoms with van der Waals surface area (Å²) >= 11 is 11.7. The Morgan fingerprint density at radius 1 is 1.14 bits per heavy atom. The fourth-order valence-electron chi connectivity index (χ4n) is 2.55. The molecule has 0 radical (unpaired) electrons. The Morgan fingerprint density at radius 3 is 2.43 bits per heavy atom. The second-order valence-electron chi connectivity index (χ2n) is 5.75. The van der Waals surface area contributed by atoms with Crippen LogP contribution in [0, 0.1) is 5.92 Å². The molecule has 1 atom stereocenters. The number of hydrogen-bond acceptors (Lipinski definition) is 6. The third kappa shape index (κ3) is 4.64. The molecule has 2 rings (SSSR count). The van der Waals surface area contributed by atoms with Gasteiger partial charge in [0.1, 0.15) is 0 Å². The molecule has 1 aromatic rings. The molecule has 1 fully saturated rings. The Balaban J connectivity index is 1.98. The fourth-order valence-corrected chi connectivity index (χ4v) is 2.82. The van der Waals surface area contributed by atoms with Gasteiger partial charge in [0.15, 0.2) is 11.0 Å². The van der Waals surface area contributed by atoms with Crippen LogP contribution in [0.1, 0.15) is 13.8 Å². The standard InChI is InChI=1S/C13H22Cl2N6/c1-9(2)10(21-6-4-20(3)5-7-21)8-16-12-11(14)18-19-13(15)17-12/h9-10H,4-8H2,1-3H3,(H,16,17,19). The van der Waals surface area contributed by atoms with Crippen molar-refractivity contribution in [3.63, 3.8) is 0 Å². The summed E-state index contributed by atoms with van der Waals surface area (Å²) in [4.78, 5) is 8.95. The largest absolute Gasteiger partial charge is 0.366 e. The lowest BCUT2D eigenvalue weighted by molar-refractivity contribution is 0.0944. The highest BCUT2D eigenvalue weighted by Crippen LogP contribution is 2.19. The van der Waals surface area contributed by atoms with Crippen LogP contribution in [0.2, 0.25) is 10.4 Å². The second kappa shape index (κ2) is 7.54. The van der Waals surface area contributed by atoms with Gasteiger partial charge in [-0.05, 0) is 24.6 Å². The average Bonchev–Trinajstić information content (AvgIpc) is 2.44. The third-order valence-corrected chi connectivity index (χ3v) is 4.29. The molecule has 118 valence electrons. The van der Waals surface area contributed by atoms with Crippen molar-refractivity contribution >= 4 is 29.0 Å². The number of aromatic nitrogens is 3. The molecule has 1 aliphatic heterocycles. The predicted molar refractivity (Wildman–Crippen MR) is 86.0 cm³/mol. The summed E-state index contributed by atoms with van der Waals surface area (Å²) in [5.74, 6) is 1.03. The Morgan fingerprint density at radius 2 is 1.81 bits per heavy atom. The van der Waals surface area contributed by atoms with Crippen molar-refractivity contribution in [2.75, 3.05) is 45.1 Å². The Kier molecular flexibility index (Phi) is 5.98. The first kappa shape index (κ1) is 16.7. The first-order valence-electron chi connectivity index (χ1n) is 7.19. The van der Waals surface area contributed by atoms with Gasteiger partial charge < -0.3 is 10.2 Å².